The predicted molar refractivity (Wildman–Crippen MR) is 64.1 cm³/mol. The second kappa shape index (κ2) is 4.75. The van der Waals surface area contributed by atoms with Crippen LogP contribution in [0.4, 0.5) is 18.9 Å². The van der Waals surface area contributed by atoms with Gasteiger partial charge in [0.1, 0.15) is 0 Å². The highest BCUT2D eigenvalue weighted by Crippen LogP contribution is 2.39. The molecule has 2 rings (SSSR count). The van der Waals surface area contributed by atoms with Crippen molar-refractivity contribution in [2.24, 2.45) is 5.92 Å². The average Bonchev–Trinajstić information content (AvgIpc) is 2.70. The molecule has 1 heterocycles. The topological polar surface area (TPSA) is 49.3 Å². The monoisotopic (exact) mass is 273 g/mol. The van der Waals surface area contributed by atoms with Crippen molar-refractivity contribution in [1.29, 1.82) is 0 Å². The minimum absolute atomic E-state index is 0.191. The van der Waals surface area contributed by atoms with Crippen molar-refractivity contribution in [3.05, 3.63) is 29.3 Å². The summed E-state index contributed by atoms with van der Waals surface area (Å²) in [5, 5.41) is 11.9. The van der Waals surface area contributed by atoms with Crippen LogP contribution in [0.2, 0.25) is 0 Å². The minimum atomic E-state index is -4.37. The predicted octanol–water partition coefficient (Wildman–Crippen LogP) is 3.33. The Morgan fingerprint density at radius 3 is 2.79 bits per heavy atom. The molecule has 3 nitrogen and oxygen atoms in total. The lowest BCUT2D eigenvalue weighted by atomic mass is 9.90. The number of halogens is 3. The molecule has 1 aliphatic heterocycles. The van der Waals surface area contributed by atoms with Crippen LogP contribution in [0.15, 0.2) is 18.2 Å². The van der Waals surface area contributed by atoms with Crippen molar-refractivity contribution in [1.82, 2.24) is 0 Å². The zero-order chi connectivity index (χ0) is 14.2. The number of carboxylic acid groups (broad SMARTS) is 1. The molecular weight excluding hydrogens is 259 g/mol. The van der Waals surface area contributed by atoms with Gasteiger partial charge in [-0.2, -0.15) is 13.2 Å². The van der Waals surface area contributed by atoms with Crippen molar-refractivity contribution in [3.8, 4) is 0 Å². The smallest absolute Gasteiger partial charge is 0.416 e. The van der Waals surface area contributed by atoms with E-state index in [0.29, 0.717) is 24.2 Å². The first-order chi connectivity index (χ1) is 8.79. The summed E-state index contributed by atoms with van der Waals surface area (Å²) in [6, 6.07) is 3.56. The summed E-state index contributed by atoms with van der Waals surface area (Å²) in [5.74, 6) is -1.70. The van der Waals surface area contributed by atoms with Gasteiger partial charge in [0.2, 0.25) is 0 Å². The van der Waals surface area contributed by atoms with E-state index in [-0.39, 0.29) is 5.92 Å². The summed E-state index contributed by atoms with van der Waals surface area (Å²) >= 11 is 0. The van der Waals surface area contributed by atoms with Crippen LogP contribution in [-0.2, 0) is 11.0 Å². The molecule has 6 heteroatoms. The quantitative estimate of drug-likeness (QED) is 0.888. The third-order valence-corrected chi connectivity index (χ3v) is 3.42. The summed E-state index contributed by atoms with van der Waals surface area (Å²) in [7, 11) is 0. The molecule has 0 spiro atoms. The van der Waals surface area contributed by atoms with Gasteiger partial charge < -0.3 is 10.4 Å². The summed E-state index contributed by atoms with van der Waals surface area (Å²) in [6.45, 7) is 2.04. The largest absolute Gasteiger partial charge is 0.481 e. The van der Waals surface area contributed by atoms with E-state index in [2.05, 4.69) is 5.32 Å². The number of benzene rings is 1. The fourth-order valence-corrected chi connectivity index (χ4v) is 2.32. The normalized spacial score (nSPS) is 19.7. The van der Waals surface area contributed by atoms with Crippen LogP contribution in [0, 0.1) is 5.92 Å². The second-order valence-electron chi connectivity index (χ2n) is 4.85. The molecule has 0 radical (unpaired) electrons. The van der Waals surface area contributed by atoms with E-state index in [1.54, 1.807) is 6.92 Å². The fourth-order valence-electron chi connectivity index (χ4n) is 2.32. The molecule has 0 saturated heterocycles. The summed E-state index contributed by atoms with van der Waals surface area (Å²) in [4.78, 5) is 10.8. The van der Waals surface area contributed by atoms with Crippen LogP contribution in [-0.4, -0.2) is 17.6 Å². The Kier molecular flexibility index (Phi) is 3.43. The molecule has 0 amide bonds. The van der Waals surface area contributed by atoms with E-state index in [4.69, 9.17) is 5.11 Å². The maximum Gasteiger partial charge on any atom is 0.416 e. The molecule has 1 aromatic carbocycles. The number of carboxylic acids is 1. The number of nitrogens with one attached hydrogen (secondary N) is 1. The van der Waals surface area contributed by atoms with Gasteiger partial charge in [-0.3, -0.25) is 4.79 Å². The molecule has 19 heavy (non-hydrogen) atoms. The molecule has 1 aliphatic rings. The number of anilines is 1. The van der Waals surface area contributed by atoms with Gasteiger partial charge in [-0.1, -0.05) is 6.92 Å². The maximum atomic E-state index is 12.7. The van der Waals surface area contributed by atoms with Gasteiger partial charge in [-0.05, 0) is 30.2 Å². The number of fused-ring (bicyclic) bond motifs is 1. The Hall–Kier alpha value is -1.72. The number of rotatable bonds is 3. The summed E-state index contributed by atoms with van der Waals surface area (Å²) in [6.07, 6.45) is -4.04. The highest BCUT2D eigenvalue weighted by Gasteiger charge is 2.33. The lowest BCUT2D eigenvalue weighted by molar-refractivity contribution is -0.141. The molecular formula is C13H14F3NO2. The molecule has 2 N–H and O–H groups in total. The summed E-state index contributed by atoms with van der Waals surface area (Å²) < 4.78 is 38.0. The molecule has 2 unspecified atom stereocenters. The third-order valence-electron chi connectivity index (χ3n) is 3.42. The van der Waals surface area contributed by atoms with E-state index in [1.807, 2.05) is 0 Å². The van der Waals surface area contributed by atoms with Crippen molar-refractivity contribution < 1.29 is 23.1 Å². The summed E-state index contributed by atoms with van der Waals surface area (Å²) in [5.41, 5.74) is 0.529. The van der Waals surface area contributed by atoms with E-state index < -0.39 is 23.6 Å². The van der Waals surface area contributed by atoms with Crippen LogP contribution in [0.3, 0.4) is 0 Å². The van der Waals surface area contributed by atoms with Crippen molar-refractivity contribution in [2.45, 2.75) is 25.4 Å². The molecule has 0 fully saturated rings. The molecule has 0 bridgehead atoms. The first-order valence-corrected chi connectivity index (χ1v) is 5.97. The highest BCUT2D eigenvalue weighted by atomic mass is 19.4. The van der Waals surface area contributed by atoms with Crippen LogP contribution in [0.1, 0.15) is 30.4 Å². The van der Waals surface area contributed by atoms with Crippen LogP contribution in [0.5, 0.6) is 0 Å². The Bertz CT molecular complexity index is 499. The Morgan fingerprint density at radius 2 is 2.21 bits per heavy atom. The van der Waals surface area contributed by atoms with Gasteiger partial charge in [0, 0.05) is 18.2 Å². The van der Waals surface area contributed by atoms with E-state index in [9.17, 15) is 18.0 Å². The Balaban J connectivity index is 2.25. The van der Waals surface area contributed by atoms with Gasteiger partial charge >= 0.3 is 12.1 Å². The molecule has 104 valence electrons. The first kappa shape index (κ1) is 13.7. The first-order valence-electron chi connectivity index (χ1n) is 5.97. The second-order valence-corrected chi connectivity index (χ2v) is 4.85. The molecule has 2 atom stereocenters. The lowest BCUT2D eigenvalue weighted by Crippen LogP contribution is -2.15. The van der Waals surface area contributed by atoms with Crippen molar-refractivity contribution in [3.63, 3.8) is 0 Å². The van der Waals surface area contributed by atoms with Crippen LogP contribution < -0.4 is 5.32 Å². The average molecular weight is 273 g/mol. The Labute approximate surface area is 108 Å². The SMILES string of the molecule is CC(CC1CNc2ccc(C(F)(F)F)cc21)C(=O)O. The van der Waals surface area contributed by atoms with Crippen molar-refractivity contribution >= 4 is 11.7 Å². The zero-order valence-corrected chi connectivity index (χ0v) is 10.3. The minimum Gasteiger partial charge on any atom is -0.481 e. The molecule has 0 saturated carbocycles. The van der Waals surface area contributed by atoms with E-state index in [1.165, 1.54) is 6.07 Å². The van der Waals surface area contributed by atoms with Crippen LogP contribution in [0.25, 0.3) is 0 Å². The third kappa shape index (κ3) is 2.83. The van der Waals surface area contributed by atoms with Gasteiger partial charge in [0.15, 0.2) is 0 Å². The number of hydrogen-bond donors (Lipinski definition) is 2. The van der Waals surface area contributed by atoms with Gasteiger partial charge in [0.05, 0.1) is 11.5 Å². The fraction of sp³-hybridized carbons (Fsp3) is 0.462. The van der Waals surface area contributed by atoms with E-state index >= 15 is 0 Å². The molecule has 1 aromatic rings. The molecule has 0 aromatic heterocycles. The van der Waals surface area contributed by atoms with E-state index in [0.717, 1.165) is 12.1 Å². The number of hydrogen-bond acceptors (Lipinski definition) is 2. The van der Waals surface area contributed by atoms with Crippen LogP contribution >= 0.6 is 0 Å². The Morgan fingerprint density at radius 1 is 1.53 bits per heavy atom. The highest BCUT2D eigenvalue weighted by molar-refractivity contribution is 5.70. The maximum absolute atomic E-state index is 12.7. The number of alkyl halides is 3. The van der Waals surface area contributed by atoms with Gasteiger partial charge in [0.25, 0.3) is 0 Å². The molecule has 0 aliphatic carbocycles. The zero-order valence-electron chi connectivity index (χ0n) is 10.3. The van der Waals surface area contributed by atoms with Crippen molar-refractivity contribution in [2.75, 3.05) is 11.9 Å². The lowest BCUT2D eigenvalue weighted by Gasteiger charge is -2.14. The standard InChI is InChI=1S/C13H14F3NO2/c1-7(12(18)19)4-8-6-17-11-3-2-9(5-10(8)11)13(14,15)16/h2-3,5,7-8,17H,4,6H2,1H3,(H,18,19). The number of carbonyl (C=O) groups is 1. The van der Waals surface area contributed by atoms with Gasteiger partial charge in [-0.15, -0.1) is 0 Å². The number of aliphatic carboxylic acids is 1. The van der Waals surface area contributed by atoms with Gasteiger partial charge in [-0.25, -0.2) is 0 Å².